The first-order valence-corrected chi connectivity index (χ1v) is 15.5. The maximum Gasteiger partial charge on any atom is 0.451 e. The summed E-state index contributed by atoms with van der Waals surface area (Å²) >= 11 is 1.65. The van der Waals surface area contributed by atoms with Crippen LogP contribution in [0.1, 0.15) is 11.5 Å². The molecule has 2 aromatic carbocycles. The van der Waals surface area contributed by atoms with Crippen LogP contribution in [0, 0.1) is 0 Å². The minimum absolute atomic E-state index is 0.0893. The zero-order valence-corrected chi connectivity index (χ0v) is 27.6. The molecular formula is C25H20ClF6N9O8S2. The second kappa shape index (κ2) is 18.1. The number of hydrogen-bond acceptors (Lipinski definition) is 13. The highest BCUT2D eigenvalue weighted by atomic mass is 35.5. The first-order chi connectivity index (χ1) is 24.0. The molecule has 0 aliphatic heterocycles. The van der Waals surface area contributed by atoms with Crippen molar-refractivity contribution in [3.63, 3.8) is 0 Å². The molecule has 0 aliphatic carbocycles. The van der Waals surface area contributed by atoms with Crippen LogP contribution < -0.4 is 31.1 Å². The summed E-state index contributed by atoms with van der Waals surface area (Å²) in [5, 5.41) is 3.93. The molecule has 4 amide bonds. The standard InChI is InChI=1S/C13H10ClF3N4O4S.C12H10F3N5O4S/c1-24-10-6-9(13(15,16)17)18-11(19-10)20-12(22)21-25-26(23)8-5-3-2-4-7(8)14;1-23-11-17-8(12(13,14)15)16-9(19-11)18-10(21)20-24-25(22)7-5-3-2-4-6-7/h2-6H,1H3,(H2,18,19,20,21,22);2-6H,1H3,(H2,16,17,18,19,20,21). The monoisotopic (exact) mass is 787 g/mol. The van der Waals surface area contributed by atoms with Gasteiger partial charge in [0.25, 0.3) is 0 Å². The van der Waals surface area contributed by atoms with Gasteiger partial charge in [-0.15, -0.1) is 0 Å². The summed E-state index contributed by atoms with van der Waals surface area (Å²) in [5.74, 6) is -3.39. The third kappa shape index (κ3) is 12.9. The van der Waals surface area contributed by atoms with E-state index in [4.69, 9.17) is 11.6 Å². The van der Waals surface area contributed by atoms with Gasteiger partial charge in [0.15, 0.2) is 5.69 Å². The predicted octanol–water partition coefficient (Wildman–Crippen LogP) is 4.61. The molecule has 0 bridgehead atoms. The topological polar surface area (TPSA) is 218 Å². The van der Waals surface area contributed by atoms with Gasteiger partial charge in [0.1, 0.15) is 0 Å². The number of benzene rings is 2. The van der Waals surface area contributed by atoms with E-state index in [1.807, 2.05) is 10.6 Å². The van der Waals surface area contributed by atoms with Gasteiger partial charge in [0.05, 0.1) is 29.0 Å². The van der Waals surface area contributed by atoms with Crippen LogP contribution in [0.5, 0.6) is 11.9 Å². The first-order valence-electron chi connectivity index (χ1n) is 13.0. The Morgan fingerprint density at radius 3 is 1.82 bits per heavy atom. The Kier molecular flexibility index (Phi) is 14.3. The number of hydroxylamine groups is 2. The van der Waals surface area contributed by atoms with Gasteiger partial charge >= 0.3 is 30.4 Å². The van der Waals surface area contributed by atoms with E-state index in [2.05, 4.69) is 43.0 Å². The molecule has 51 heavy (non-hydrogen) atoms. The number of halogens is 7. The van der Waals surface area contributed by atoms with E-state index in [1.54, 1.807) is 41.3 Å². The fourth-order valence-electron chi connectivity index (χ4n) is 2.97. The molecule has 0 spiro atoms. The van der Waals surface area contributed by atoms with Crippen LogP contribution in [0.2, 0.25) is 5.02 Å². The van der Waals surface area contributed by atoms with Crippen molar-refractivity contribution in [1.82, 2.24) is 35.9 Å². The molecule has 2 unspecified atom stereocenters. The second-order valence-corrected chi connectivity index (χ2v) is 11.2. The molecule has 0 radical (unpaired) electrons. The Balaban J connectivity index is 0.000000276. The van der Waals surface area contributed by atoms with E-state index in [-0.39, 0.29) is 14.8 Å². The summed E-state index contributed by atoms with van der Waals surface area (Å²) in [7, 11) is 2.15. The van der Waals surface area contributed by atoms with Crippen molar-refractivity contribution in [2.45, 2.75) is 22.1 Å². The number of aromatic nitrogens is 5. The quantitative estimate of drug-likeness (QED) is 0.128. The number of hydrogen-bond donors (Lipinski definition) is 4. The molecule has 0 aliphatic rings. The number of ether oxygens (including phenoxy) is 2. The number of rotatable bonds is 10. The van der Waals surface area contributed by atoms with E-state index in [0.717, 1.165) is 14.2 Å². The highest BCUT2D eigenvalue weighted by Crippen LogP contribution is 2.30. The van der Waals surface area contributed by atoms with Gasteiger partial charge in [-0.3, -0.25) is 10.6 Å². The van der Waals surface area contributed by atoms with Crippen molar-refractivity contribution in [3.05, 3.63) is 77.2 Å². The predicted molar refractivity (Wildman–Crippen MR) is 162 cm³/mol. The van der Waals surface area contributed by atoms with Crippen molar-refractivity contribution < 1.29 is 62.4 Å². The Hall–Kier alpha value is -5.24. The van der Waals surface area contributed by atoms with Crippen LogP contribution in [-0.2, 0) is 43.1 Å². The van der Waals surface area contributed by atoms with Crippen molar-refractivity contribution >= 4 is 57.7 Å². The minimum atomic E-state index is -4.87. The lowest BCUT2D eigenvalue weighted by Gasteiger charge is -2.10. The first kappa shape index (κ1) is 40.2. The number of amides is 4. The summed E-state index contributed by atoms with van der Waals surface area (Å²) in [5.41, 5.74) is 2.17. The number of nitrogens with one attached hydrogen (secondary N) is 4. The molecular weight excluding hydrogens is 768 g/mol. The number of anilines is 2. The van der Waals surface area contributed by atoms with Gasteiger partial charge < -0.3 is 9.47 Å². The number of carbonyl (C=O) groups is 2. The minimum Gasteiger partial charge on any atom is -0.481 e. The Morgan fingerprint density at radius 2 is 1.27 bits per heavy atom. The van der Waals surface area contributed by atoms with Crippen LogP contribution in [0.15, 0.2) is 70.5 Å². The summed E-state index contributed by atoms with van der Waals surface area (Å²) in [6, 6.07) is 11.5. The van der Waals surface area contributed by atoms with Gasteiger partial charge in [-0.1, -0.05) is 41.9 Å². The van der Waals surface area contributed by atoms with E-state index in [1.165, 1.54) is 24.3 Å². The summed E-state index contributed by atoms with van der Waals surface area (Å²) in [6.07, 6.45) is -9.64. The average Bonchev–Trinajstić information content (AvgIpc) is 3.09. The van der Waals surface area contributed by atoms with Crippen LogP contribution in [0.25, 0.3) is 0 Å². The molecule has 26 heteroatoms. The molecule has 17 nitrogen and oxygen atoms in total. The van der Waals surface area contributed by atoms with Gasteiger partial charge in [-0.25, -0.2) is 34.0 Å². The number of alkyl halides is 6. The molecule has 4 N–H and O–H groups in total. The van der Waals surface area contributed by atoms with Crippen molar-refractivity contribution in [1.29, 1.82) is 0 Å². The second-order valence-electron chi connectivity index (χ2n) is 8.58. The molecule has 0 saturated heterocycles. The Morgan fingerprint density at radius 1 is 0.706 bits per heavy atom. The van der Waals surface area contributed by atoms with Crippen LogP contribution in [-0.4, -0.2) is 59.6 Å². The molecule has 2 heterocycles. The maximum absolute atomic E-state index is 12.7. The lowest BCUT2D eigenvalue weighted by molar-refractivity contribution is -0.145. The van der Waals surface area contributed by atoms with Crippen molar-refractivity contribution in [2.24, 2.45) is 0 Å². The molecule has 4 rings (SSSR count). The number of methoxy groups -OCH3 is 2. The van der Waals surface area contributed by atoms with Crippen molar-refractivity contribution in [3.8, 4) is 11.9 Å². The Bertz CT molecular complexity index is 1880. The molecule has 0 saturated carbocycles. The van der Waals surface area contributed by atoms with E-state index < -0.39 is 81.9 Å². The summed E-state index contributed by atoms with van der Waals surface area (Å²) in [4.78, 5) is 39.9. The number of nitrogens with zero attached hydrogens (tertiary/aromatic N) is 5. The van der Waals surface area contributed by atoms with Crippen molar-refractivity contribution in [2.75, 3.05) is 24.9 Å². The van der Waals surface area contributed by atoms with Gasteiger partial charge in [-0.05, 0) is 24.3 Å². The van der Waals surface area contributed by atoms with E-state index in [0.29, 0.717) is 6.07 Å². The number of carbonyl (C=O) groups excluding carboxylic acids is 2. The van der Waals surface area contributed by atoms with E-state index in [9.17, 15) is 44.3 Å². The average molecular weight is 788 g/mol. The maximum atomic E-state index is 12.7. The third-order valence-corrected chi connectivity index (χ3v) is 7.36. The van der Waals surface area contributed by atoms with Crippen LogP contribution in [0.3, 0.4) is 0 Å². The smallest absolute Gasteiger partial charge is 0.451 e. The Labute approximate surface area is 291 Å². The fraction of sp³-hybridized carbons (Fsp3) is 0.160. The highest BCUT2D eigenvalue weighted by molar-refractivity contribution is 7.80. The summed E-state index contributed by atoms with van der Waals surface area (Å²) < 4.78 is 118. The SMILES string of the molecule is COc1cc(C(F)(F)F)nc(NC(=O)NOS(=O)c2ccccc2Cl)n1.COc1nc(NC(=O)NOS(=O)c2ccccc2)nc(C(F)(F)F)n1. The molecule has 4 aromatic rings. The van der Waals surface area contributed by atoms with Crippen LogP contribution >= 0.6 is 11.6 Å². The highest BCUT2D eigenvalue weighted by Gasteiger charge is 2.36. The molecule has 2 aromatic heterocycles. The number of urea groups is 2. The zero-order chi connectivity index (χ0) is 37.8. The van der Waals surface area contributed by atoms with Gasteiger partial charge in [-0.2, -0.15) is 54.8 Å². The molecule has 2 atom stereocenters. The zero-order valence-electron chi connectivity index (χ0n) is 25.2. The third-order valence-electron chi connectivity index (χ3n) is 5.08. The van der Waals surface area contributed by atoms with E-state index >= 15 is 0 Å². The molecule has 274 valence electrons. The fourth-order valence-corrected chi connectivity index (χ4v) is 4.58. The van der Waals surface area contributed by atoms with Crippen LogP contribution in [0.4, 0.5) is 47.8 Å². The summed E-state index contributed by atoms with van der Waals surface area (Å²) in [6.45, 7) is 0. The largest absolute Gasteiger partial charge is 0.481 e. The lowest BCUT2D eigenvalue weighted by atomic mass is 10.4. The van der Waals surface area contributed by atoms with Gasteiger partial charge in [0.2, 0.25) is 45.8 Å². The molecule has 0 fully saturated rings. The lowest BCUT2D eigenvalue weighted by Crippen LogP contribution is -2.31. The normalized spacial score (nSPS) is 12.3. The van der Waals surface area contributed by atoms with Gasteiger partial charge in [0, 0.05) is 6.07 Å².